The van der Waals surface area contributed by atoms with Crippen molar-refractivity contribution in [2.24, 2.45) is 0 Å². The van der Waals surface area contributed by atoms with E-state index in [1.54, 1.807) is 0 Å². The normalized spacial score (nSPS) is 23.8. The first kappa shape index (κ1) is 30.5. The zero-order valence-corrected chi connectivity index (χ0v) is 24.2. The second kappa shape index (κ2) is 12.0. The number of anilines is 2. The molecule has 5 heterocycles. The summed E-state index contributed by atoms with van der Waals surface area (Å²) in [4.78, 5) is 32.4. The molecule has 0 saturated carbocycles. The predicted molar refractivity (Wildman–Crippen MR) is 149 cm³/mol. The van der Waals surface area contributed by atoms with Crippen LogP contribution in [0.2, 0.25) is 0 Å². The van der Waals surface area contributed by atoms with Crippen molar-refractivity contribution >= 4 is 66.5 Å². The summed E-state index contributed by atoms with van der Waals surface area (Å²) >= 11 is 10.4. The van der Waals surface area contributed by atoms with Crippen molar-refractivity contribution in [1.82, 2.24) is 39.0 Å². The maximum Gasteiger partial charge on any atom is 0.472 e. The number of nitrogens with one attached hydrogen (secondary N) is 2. The van der Waals surface area contributed by atoms with E-state index in [1.165, 1.54) is 28.9 Å². The van der Waals surface area contributed by atoms with Crippen molar-refractivity contribution < 1.29 is 43.3 Å². The Morgan fingerprint density at radius 1 is 1.14 bits per heavy atom. The Labute approximate surface area is 245 Å². The molecule has 1 aliphatic heterocycles. The molecule has 228 valence electrons. The van der Waals surface area contributed by atoms with Crippen molar-refractivity contribution in [2.45, 2.75) is 43.3 Å². The first-order chi connectivity index (χ1) is 19.9. The second-order valence-corrected chi connectivity index (χ2v) is 11.4. The number of hydrogen-bond acceptors (Lipinski definition) is 16. The molecule has 42 heavy (non-hydrogen) atoms. The van der Waals surface area contributed by atoms with Gasteiger partial charge in [-0.25, -0.2) is 14.5 Å². The van der Waals surface area contributed by atoms with Gasteiger partial charge in [0, 0.05) is 7.11 Å². The fourth-order valence-electron chi connectivity index (χ4n) is 4.47. The zero-order chi connectivity index (χ0) is 30.3. The number of aliphatic hydroxyl groups excluding tert-OH is 3. The van der Waals surface area contributed by atoms with Gasteiger partial charge in [-0.3, -0.25) is 13.6 Å². The smallest absolute Gasteiger partial charge is 0.394 e. The highest BCUT2D eigenvalue weighted by Crippen LogP contribution is 2.48. The Kier molecular flexibility index (Phi) is 8.70. The summed E-state index contributed by atoms with van der Waals surface area (Å²) in [6.07, 6.45) is -5.31. The molecule has 0 spiro atoms. The molecule has 0 amide bonds. The Morgan fingerprint density at radius 3 is 2.40 bits per heavy atom. The lowest BCUT2D eigenvalue weighted by atomic mass is 10.1. The van der Waals surface area contributed by atoms with Crippen LogP contribution in [0.3, 0.4) is 0 Å². The van der Waals surface area contributed by atoms with Gasteiger partial charge in [-0.2, -0.15) is 9.97 Å². The number of nitrogens with two attached hydrogens (primary N) is 2. The predicted octanol–water partition coefficient (Wildman–Crippen LogP) is -0.716. The third kappa shape index (κ3) is 5.94. The number of aliphatic hydroxyl groups is 3. The van der Waals surface area contributed by atoms with Gasteiger partial charge < -0.3 is 55.7 Å². The number of imidazole rings is 2. The van der Waals surface area contributed by atoms with E-state index in [-0.39, 0.29) is 38.9 Å². The number of methoxy groups -OCH3 is 1. The van der Waals surface area contributed by atoms with E-state index in [4.69, 9.17) is 54.4 Å². The molecule has 0 aromatic carbocycles. The molecule has 4 aromatic rings. The number of aromatic amines is 2. The fraction of sp³-hybridized carbons (Fsp3) is 0.500. The minimum atomic E-state index is -4.92. The maximum atomic E-state index is 12.9. The number of H-pyrrole nitrogens is 2. The van der Waals surface area contributed by atoms with Crippen molar-refractivity contribution in [3.63, 3.8) is 0 Å². The molecule has 22 heteroatoms. The van der Waals surface area contributed by atoms with Crippen LogP contribution >= 0.6 is 32.3 Å². The molecule has 7 atom stereocenters. The Hall–Kier alpha value is -2.95. The number of ether oxygens (including phenoxy) is 2. The molecular weight excluding hydrogens is 619 g/mol. The Balaban J connectivity index is 1.26. The molecule has 10 N–H and O–H groups in total. The van der Waals surface area contributed by atoms with E-state index >= 15 is 0 Å². The molecule has 0 bridgehead atoms. The minimum Gasteiger partial charge on any atom is -0.394 e. The van der Waals surface area contributed by atoms with Crippen molar-refractivity contribution in [3.05, 3.63) is 21.9 Å². The average molecular weight is 647 g/mol. The van der Waals surface area contributed by atoms with Crippen LogP contribution in [0.5, 0.6) is 0 Å². The van der Waals surface area contributed by atoms with Crippen LogP contribution in [-0.2, 0) is 29.6 Å². The minimum absolute atomic E-state index is 0.0124. The highest BCUT2D eigenvalue weighted by molar-refractivity contribution is 7.71. The number of phosphoric ester groups is 1. The molecular formula is C20H27N10O9PS2. The SMILES string of the molecule is COC(COP(=O)(O)OC1C(CO)OC(n2cnc3c(=S)[nH]c(N)nc32)C1O)[C@H](O)Cn1cnc2c(=S)[nH]c(N)nc21. The summed E-state index contributed by atoms with van der Waals surface area (Å²) in [5, 5.41) is 31.6. The molecule has 0 radical (unpaired) electrons. The van der Waals surface area contributed by atoms with E-state index in [1.807, 2.05) is 0 Å². The van der Waals surface area contributed by atoms with Gasteiger partial charge in [0.15, 0.2) is 17.5 Å². The van der Waals surface area contributed by atoms with Crippen molar-refractivity contribution in [3.8, 4) is 0 Å². The molecule has 1 saturated heterocycles. The van der Waals surface area contributed by atoms with Crippen LogP contribution in [-0.4, -0.2) is 110 Å². The van der Waals surface area contributed by atoms with Gasteiger partial charge in [0.2, 0.25) is 11.9 Å². The number of aromatic nitrogens is 8. The van der Waals surface area contributed by atoms with Crippen LogP contribution in [0, 0.1) is 9.28 Å². The molecule has 6 unspecified atom stereocenters. The number of rotatable bonds is 11. The van der Waals surface area contributed by atoms with E-state index in [9.17, 15) is 24.8 Å². The van der Waals surface area contributed by atoms with Gasteiger partial charge in [-0.1, -0.05) is 24.4 Å². The number of nitrogens with zero attached hydrogens (tertiary/aromatic N) is 6. The monoisotopic (exact) mass is 646 g/mol. The molecule has 1 aliphatic rings. The van der Waals surface area contributed by atoms with Crippen LogP contribution in [0.4, 0.5) is 11.9 Å². The van der Waals surface area contributed by atoms with Gasteiger partial charge in [0.1, 0.15) is 50.8 Å². The van der Waals surface area contributed by atoms with Gasteiger partial charge >= 0.3 is 7.82 Å². The van der Waals surface area contributed by atoms with Crippen molar-refractivity contribution in [1.29, 1.82) is 0 Å². The van der Waals surface area contributed by atoms with Crippen LogP contribution in [0.15, 0.2) is 12.7 Å². The highest BCUT2D eigenvalue weighted by Gasteiger charge is 2.49. The number of phosphoric acid groups is 1. The number of hydrogen-bond donors (Lipinski definition) is 8. The van der Waals surface area contributed by atoms with Crippen LogP contribution in [0.1, 0.15) is 6.23 Å². The van der Waals surface area contributed by atoms with E-state index in [0.717, 1.165) is 0 Å². The summed E-state index contributed by atoms with van der Waals surface area (Å²) in [7, 11) is -3.65. The largest absolute Gasteiger partial charge is 0.472 e. The highest BCUT2D eigenvalue weighted by atomic mass is 32.1. The average Bonchev–Trinajstić information content (AvgIpc) is 3.60. The van der Waals surface area contributed by atoms with E-state index in [0.29, 0.717) is 11.2 Å². The zero-order valence-electron chi connectivity index (χ0n) is 21.7. The molecule has 5 rings (SSSR count). The van der Waals surface area contributed by atoms with Gasteiger partial charge in [-0.05, 0) is 0 Å². The third-order valence-corrected chi connectivity index (χ3v) is 8.06. The molecule has 0 aliphatic carbocycles. The summed E-state index contributed by atoms with van der Waals surface area (Å²) < 4.78 is 37.4. The van der Waals surface area contributed by atoms with Crippen molar-refractivity contribution in [2.75, 3.05) is 31.8 Å². The lowest BCUT2D eigenvalue weighted by molar-refractivity contribution is -0.0574. The summed E-state index contributed by atoms with van der Waals surface area (Å²) in [5.74, 6) is 0.0436. The summed E-state index contributed by atoms with van der Waals surface area (Å²) in [5.41, 5.74) is 12.6. The number of fused-ring (bicyclic) bond motifs is 2. The lowest BCUT2D eigenvalue weighted by Crippen LogP contribution is -2.37. The molecule has 1 fully saturated rings. The first-order valence-electron chi connectivity index (χ1n) is 12.2. The maximum absolute atomic E-state index is 12.9. The van der Waals surface area contributed by atoms with Gasteiger partial charge in [0.25, 0.3) is 0 Å². The Bertz CT molecular complexity index is 1760. The van der Waals surface area contributed by atoms with E-state index < -0.39 is 57.8 Å². The molecule has 19 nitrogen and oxygen atoms in total. The standard InChI is InChI=1S/C20H27N10O9PS2/c1-36-9(7(32)2-29-5-23-10-14(29)25-19(21)27-16(10)41)4-37-40(34,35)39-13-8(3-31)38-18(12(13)33)30-6-24-11-15(30)26-20(22)28-17(11)42/h5-9,12-13,18,31-33H,2-4H2,1H3,(H,34,35)(H3,21,25,27,41)(H3,22,26,28,42)/t7-,8?,9?,12?,13?,18?/m1/s1. The lowest BCUT2D eigenvalue weighted by Gasteiger charge is -2.25. The topological polar surface area (TPSA) is 280 Å². The first-order valence-corrected chi connectivity index (χ1v) is 14.5. The Morgan fingerprint density at radius 2 is 1.76 bits per heavy atom. The number of nitrogen functional groups attached to an aromatic ring is 2. The quantitative estimate of drug-likeness (QED) is 0.0737. The van der Waals surface area contributed by atoms with Gasteiger partial charge in [0.05, 0.1) is 32.4 Å². The second-order valence-electron chi connectivity index (χ2n) is 9.21. The molecule has 4 aromatic heterocycles. The fourth-order valence-corrected chi connectivity index (χ4v) is 5.93. The van der Waals surface area contributed by atoms with Crippen LogP contribution < -0.4 is 11.5 Å². The van der Waals surface area contributed by atoms with Crippen LogP contribution in [0.25, 0.3) is 22.3 Å². The third-order valence-electron chi connectivity index (χ3n) is 6.48. The van der Waals surface area contributed by atoms with E-state index in [2.05, 4.69) is 29.9 Å². The summed E-state index contributed by atoms with van der Waals surface area (Å²) in [6.45, 7) is -1.38. The van der Waals surface area contributed by atoms with Gasteiger partial charge in [-0.15, -0.1) is 0 Å². The summed E-state index contributed by atoms with van der Waals surface area (Å²) in [6, 6.07) is 0.